The van der Waals surface area contributed by atoms with Gasteiger partial charge in [0.15, 0.2) is 0 Å². The van der Waals surface area contributed by atoms with Crippen LogP contribution in [0.15, 0.2) is 12.1 Å². The van der Waals surface area contributed by atoms with Crippen LogP contribution in [0.2, 0.25) is 5.15 Å². The van der Waals surface area contributed by atoms with Crippen LogP contribution in [0.1, 0.15) is 43.4 Å². The summed E-state index contributed by atoms with van der Waals surface area (Å²) in [6.45, 7) is 1.01. The zero-order valence-electron chi connectivity index (χ0n) is 11.6. The van der Waals surface area contributed by atoms with Gasteiger partial charge in [-0.15, -0.1) is 0 Å². The molecule has 3 nitrogen and oxygen atoms in total. The van der Waals surface area contributed by atoms with Gasteiger partial charge in [0, 0.05) is 25.8 Å². The van der Waals surface area contributed by atoms with Crippen LogP contribution >= 0.6 is 11.6 Å². The van der Waals surface area contributed by atoms with Crippen LogP contribution < -0.4 is 0 Å². The molecular weight excluding hydrogens is 298 g/mol. The maximum Gasteiger partial charge on any atom is 0.248 e. The minimum atomic E-state index is -2.54. The number of carbonyl (C=O) groups is 1. The monoisotopic (exact) mass is 314 g/mol. The highest BCUT2D eigenvalue weighted by atomic mass is 35.5. The zero-order chi connectivity index (χ0) is 15.0. The van der Waals surface area contributed by atoms with E-state index < -0.39 is 5.92 Å². The summed E-state index contributed by atoms with van der Waals surface area (Å²) < 4.78 is 26.2. The molecule has 0 atom stereocenters. The molecule has 3 rings (SSSR count). The van der Waals surface area contributed by atoms with Gasteiger partial charge in [0.2, 0.25) is 11.8 Å². The molecule has 0 aromatic carbocycles. The molecule has 21 heavy (non-hydrogen) atoms. The van der Waals surface area contributed by atoms with Crippen molar-refractivity contribution in [3.05, 3.63) is 28.5 Å². The molecule has 1 aliphatic carbocycles. The number of fused-ring (bicyclic) bond motifs is 1. The van der Waals surface area contributed by atoms with Crippen LogP contribution in [0.3, 0.4) is 0 Å². The predicted octanol–water partition coefficient (Wildman–Crippen LogP) is 3.79. The van der Waals surface area contributed by atoms with Crippen molar-refractivity contribution in [2.75, 3.05) is 0 Å². The standard InChI is InChI=1S/C15H17ClF2N2O/c16-13-2-1-11-8-20(9-12(11)19-13)14(21)7-10-3-5-15(17,18)6-4-10/h1-2,10H,3-9H2. The Labute approximate surface area is 127 Å². The first-order valence-corrected chi connectivity index (χ1v) is 7.61. The number of alkyl halides is 2. The third-order valence-electron chi connectivity index (χ3n) is 4.39. The lowest BCUT2D eigenvalue weighted by Gasteiger charge is -2.28. The molecule has 0 spiro atoms. The summed E-state index contributed by atoms with van der Waals surface area (Å²) >= 11 is 5.85. The second-order valence-electron chi connectivity index (χ2n) is 5.99. The van der Waals surface area contributed by atoms with Crippen LogP contribution in [0.5, 0.6) is 0 Å². The highest BCUT2D eigenvalue weighted by molar-refractivity contribution is 6.29. The van der Waals surface area contributed by atoms with E-state index in [9.17, 15) is 13.6 Å². The maximum absolute atomic E-state index is 13.1. The quantitative estimate of drug-likeness (QED) is 0.778. The van der Waals surface area contributed by atoms with Crippen molar-refractivity contribution in [3.8, 4) is 0 Å². The smallest absolute Gasteiger partial charge is 0.248 e. The largest absolute Gasteiger partial charge is 0.332 e. The number of hydrogen-bond donors (Lipinski definition) is 0. The average Bonchev–Trinajstić information content (AvgIpc) is 2.84. The molecule has 1 aliphatic heterocycles. The number of hydrogen-bond acceptors (Lipinski definition) is 2. The fourth-order valence-corrected chi connectivity index (χ4v) is 3.25. The topological polar surface area (TPSA) is 33.2 Å². The van der Waals surface area contributed by atoms with Crippen molar-refractivity contribution in [1.29, 1.82) is 0 Å². The molecule has 0 bridgehead atoms. The van der Waals surface area contributed by atoms with E-state index in [2.05, 4.69) is 4.98 Å². The SMILES string of the molecule is O=C(CC1CCC(F)(F)CC1)N1Cc2ccc(Cl)nc2C1. The Morgan fingerprint density at radius 1 is 1.33 bits per heavy atom. The van der Waals surface area contributed by atoms with Crippen LogP contribution in [0.4, 0.5) is 8.78 Å². The lowest BCUT2D eigenvalue weighted by Crippen LogP contribution is -2.31. The van der Waals surface area contributed by atoms with Gasteiger partial charge >= 0.3 is 0 Å². The Hall–Kier alpha value is -1.23. The van der Waals surface area contributed by atoms with Gasteiger partial charge in [-0.25, -0.2) is 13.8 Å². The van der Waals surface area contributed by atoms with Crippen LogP contribution in [-0.4, -0.2) is 21.7 Å². The summed E-state index contributed by atoms with van der Waals surface area (Å²) in [6, 6.07) is 3.61. The molecule has 0 N–H and O–H groups in total. The minimum absolute atomic E-state index is 0.0272. The van der Waals surface area contributed by atoms with Crippen molar-refractivity contribution in [2.45, 2.75) is 51.1 Å². The molecule has 114 valence electrons. The number of carbonyl (C=O) groups excluding carboxylic acids is 1. The summed E-state index contributed by atoms with van der Waals surface area (Å²) in [6.07, 6.45) is 1.04. The fraction of sp³-hybridized carbons (Fsp3) is 0.600. The summed E-state index contributed by atoms with van der Waals surface area (Å²) in [5.74, 6) is -2.43. The molecule has 1 aromatic heterocycles. The van der Waals surface area contributed by atoms with Crippen molar-refractivity contribution in [3.63, 3.8) is 0 Å². The van der Waals surface area contributed by atoms with Crippen LogP contribution in [0.25, 0.3) is 0 Å². The van der Waals surface area contributed by atoms with Gasteiger partial charge in [0.05, 0.1) is 12.2 Å². The predicted molar refractivity (Wildman–Crippen MR) is 75.0 cm³/mol. The summed E-state index contributed by atoms with van der Waals surface area (Å²) in [5.41, 5.74) is 1.86. The average molecular weight is 315 g/mol. The van der Waals surface area contributed by atoms with Crippen molar-refractivity contribution in [1.82, 2.24) is 9.88 Å². The third kappa shape index (κ3) is 3.34. The highest BCUT2D eigenvalue weighted by Gasteiger charge is 2.36. The molecule has 1 aromatic rings. The van der Waals surface area contributed by atoms with Gasteiger partial charge in [0.1, 0.15) is 5.15 Å². The van der Waals surface area contributed by atoms with E-state index in [-0.39, 0.29) is 24.7 Å². The van der Waals surface area contributed by atoms with Crippen LogP contribution in [0, 0.1) is 5.92 Å². The Balaban J connectivity index is 1.56. The lowest BCUT2D eigenvalue weighted by molar-refractivity contribution is -0.134. The molecule has 0 unspecified atom stereocenters. The summed E-state index contributed by atoms with van der Waals surface area (Å²) in [7, 11) is 0. The molecule has 6 heteroatoms. The zero-order valence-corrected chi connectivity index (χ0v) is 12.4. The van der Waals surface area contributed by atoms with E-state index in [1.807, 2.05) is 6.07 Å². The number of nitrogens with zero attached hydrogens (tertiary/aromatic N) is 2. The van der Waals surface area contributed by atoms with Gasteiger partial charge in [-0.2, -0.15) is 0 Å². The van der Waals surface area contributed by atoms with Crippen molar-refractivity contribution >= 4 is 17.5 Å². The third-order valence-corrected chi connectivity index (χ3v) is 4.60. The van der Waals surface area contributed by atoms with Gasteiger partial charge < -0.3 is 4.90 Å². The van der Waals surface area contributed by atoms with Crippen molar-refractivity contribution < 1.29 is 13.6 Å². The molecule has 0 saturated heterocycles. The van der Waals surface area contributed by atoms with E-state index in [1.165, 1.54) is 0 Å². The maximum atomic E-state index is 13.1. The number of halogens is 3. The van der Waals surface area contributed by atoms with E-state index in [1.54, 1.807) is 11.0 Å². The Morgan fingerprint density at radius 3 is 2.76 bits per heavy atom. The first-order valence-electron chi connectivity index (χ1n) is 7.23. The first-order chi connectivity index (χ1) is 9.93. The number of rotatable bonds is 2. The summed E-state index contributed by atoms with van der Waals surface area (Å²) in [4.78, 5) is 18.3. The second-order valence-corrected chi connectivity index (χ2v) is 6.38. The second kappa shape index (κ2) is 5.52. The van der Waals surface area contributed by atoms with E-state index >= 15 is 0 Å². The van der Waals surface area contributed by atoms with Gasteiger partial charge in [0.25, 0.3) is 0 Å². The molecule has 2 heterocycles. The first kappa shape index (κ1) is 14.7. The normalized spacial score (nSPS) is 21.4. The van der Waals surface area contributed by atoms with E-state index in [4.69, 9.17) is 11.6 Å². The molecule has 1 fully saturated rings. The highest BCUT2D eigenvalue weighted by Crippen LogP contribution is 2.38. The van der Waals surface area contributed by atoms with Gasteiger partial charge in [-0.05, 0) is 30.4 Å². The number of amides is 1. The number of pyridine rings is 1. The fourth-order valence-electron chi connectivity index (χ4n) is 3.08. The Bertz CT molecular complexity index is 555. The van der Waals surface area contributed by atoms with E-state index in [0.29, 0.717) is 37.5 Å². The lowest BCUT2D eigenvalue weighted by atomic mass is 9.84. The minimum Gasteiger partial charge on any atom is -0.332 e. The number of aromatic nitrogens is 1. The van der Waals surface area contributed by atoms with Crippen molar-refractivity contribution in [2.24, 2.45) is 5.92 Å². The summed E-state index contributed by atoms with van der Waals surface area (Å²) in [5, 5.41) is 0.428. The molecule has 2 aliphatic rings. The molecule has 0 radical (unpaired) electrons. The molecule has 1 amide bonds. The van der Waals surface area contributed by atoms with Gasteiger partial charge in [-0.3, -0.25) is 4.79 Å². The molecular formula is C15H17ClF2N2O. The Morgan fingerprint density at radius 2 is 2.05 bits per heavy atom. The van der Waals surface area contributed by atoms with Crippen LogP contribution in [-0.2, 0) is 17.9 Å². The molecule has 1 saturated carbocycles. The van der Waals surface area contributed by atoms with Gasteiger partial charge in [-0.1, -0.05) is 17.7 Å². The Kier molecular flexibility index (Phi) is 3.86. The van der Waals surface area contributed by atoms with E-state index in [0.717, 1.165) is 11.3 Å².